The molecule has 1 aliphatic heterocycles. The Morgan fingerprint density at radius 1 is 1.19 bits per heavy atom. The average molecular weight is 277 g/mol. The summed E-state index contributed by atoms with van der Waals surface area (Å²) < 4.78 is 2.34. The fourth-order valence-corrected chi connectivity index (χ4v) is 3.18. The molecule has 0 radical (unpaired) electrons. The predicted molar refractivity (Wildman–Crippen MR) is 87.7 cm³/mol. The molecule has 0 bridgehead atoms. The van der Waals surface area contributed by atoms with Crippen LogP contribution in [0.3, 0.4) is 0 Å². The van der Waals surface area contributed by atoms with Crippen molar-refractivity contribution in [3.8, 4) is 11.4 Å². The molecule has 1 aromatic heterocycles. The summed E-state index contributed by atoms with van der Waals surface area (Å²) in [4.78, 5) is 4.86. The Kier molecular flexibility index (Phi) is 2.92. The third-order valence-electron chi connectivity index (χ3n) is 4.18. The second kappa shape index (κ2) is 4.92. The van der Waals surface area contributed by atoms with E-state index in [9.17, 15) is 0 Å². The molecule has 1 N–H and O–H groups in total. The summed E-state index contributed by atoms with van der Waals surface area (Å²) in [6.45, 7) is 4.26. The van der Waals surface area contributed by atoms with Gasteiger partial charge in [0.15, 0.2) is 0 Å². The van der Waals surface area contributed by atoms with Gasteiger partial charge in [-0.2, -0.15) is 0 Å². The van der Waals surface area contributed by atoms with E-state index >= 15 is 0 Å². The summed E-state index contributed by atoms with van der Waals surface area (Å²) >= 11 is 0. The lowest BCUT2D eigenvalue weighted by Gasteiger charge is -2.09. The quantitative estimate of drug-likeness (QED) is 0.781. The molecule has 0 saturated carbocycles. The van der Waals surface area contributed by atoms with Gasteiger partial charge >= 0.3 is 0 Å². The van der Waals surface area contributed by atoms with Crippen molar-refractivity contribution < 1.29 is 0 Å². The van der Waals surface area contributed by atoms with Crippen molar-refractivity contribution >= 4 is 16.7 Å². The zero-order chi connectivity index (χ0) is 14.2. The number of hydrogen-bond acceptors (Lipinski definition) is 2. The van der Waals surface area contributed by atoms with E-state index in [1.807, 2.05) is 0 Å². The minimum absolute atomic E-state index is 1.00. The highest BCUT2D eigenvalue weighted by Crippen LogP contribution is 2.30. The molecule has 3 heteroatoms. The summed E-state index contributed by atoms with van der Waals surface area (Å²) in [5.41, 5.74) is 6.18. The van der Waals surface area contributed by atoms with Crippen LogP contribution in [0.25, 0.3) is 22.4 Å². The van der Waals surface area contributed by atoms with Crippen molar-refractivity contribution in [1.29, 1.82) is 0 Å². The highest BCUT2D eigenvalue weighted by molar-refractivity contribution is 5.81. The monoisotopic (exact) mass is 277 g/mol. The number of aryl methyl sites for hydroxylation is 1. The van der Waals surface area contributed by atoms with Crippen LogP contribution in [-0.2, 0) is 13.0 Å². The van der Waals surface area contributed by atoms with Crippen molar-refractivity contribution in [2.24, 2.45) is 0 Å². The van der Waals surface area contributed by atoms with Gasteiger partial charge in [0.1, 0.15) is 5.82 Å². The molecular weight excluding hydrogens is 258 g/mol. The van der Waals surface area contributed by atoms with Gasteiger partial charge < -0.3 is 9.88 Å². The van der Waals surface area contributed by atoms with Crippen LogP contribution in [0, 0.1) is 0 Å². The fourth-order valence-electron chi connectivity index (χ4n) is 3.18. The number of hydrogen-bond donors (Lipinski definition) is 1. The minimum Gasteiger partial charge on any atom is -0.384 e. The molecule has 0 saturated heterocycles. The topological polar surface area (TPSA) is 29.9 Å². The molecule has 1 aliphatic rings. The third kappa shape index (κ3) is 2.00. The Morgan fingerprint density at radius 2 is 2.10 bits per heavy atom. The van der Waals surface area contributed by atoms with E-state index in [0.717, 1.165) is 37.3 Å². The number of benzene rings is 2. The van der Waals surface area contributed by atoms with Crippen LogP contribution in [0.5, 0.6) is 0 Å². The molecule has 3 aromatic rings. The van der Waals surface area contributed by atoms with E-state index in [2.05, 4.69) is 59.3 Å². The maximum absolute atomic E-state index is 4.86. The molecule has 3 nitrogen and oxygen atoms in total. The van der Waals surface area contributed by atoms with Gasteiger partial charge in [0.05, 0.1) is 11.0 Å². The molecule has 2 aromatic carbocycles. The summed E-state index contributed by atoms with van der Waals surface area (Å²) in [7, 11) is 0. The van der Waals surface area contributed by atoms with E-state index in [1.165, 1.54) is 22.3 Å². The molecule has 2 heterocycles. The van der Waals surface area contributed by atoms with Crippen molar-refractivity contribution in [2.75, 3.05) is 11.9 Å². The zero-order valence-electron chi connectivity index (χ0n) is 12.3. The number of anilines is 1. The lowest BCUT2D eigenvalue weighted by Crippen LogP contribution is -2.00. The molecule has 21 heavy (non-hydrogen) atoms. The Bertz CT molecular complexity index is 801. The smallest absolute Gasteiger partial charge is 0.141 e. The van der Waals surface area contributed by atoms with Crippen molar-refractivity contribution in [2.45, 2.75) is 26.3 Å². The SMILES string of the molecule is CCCn1c(-c2ccc3c(c2)NCC3)nc2ccccc21. The van der Waals surface area contributed by atoms with Crippen molar-refractivity contribution in [3.63, 3.8) is 0 Å². The second-order valence-corrected chi connectivity index (χ2v) is 5.62. The van der Waals surface area contributed by atoms with Gasteiger partial charge in [-0.25, -0.2) is 4.98 Å². The standard InChI is InChI=1S/C18H19N3/c1-2-11-21-17-6-4-3-5-15(17)20-18(21)14-8-7-13-9-10-19-16(13)12-14/h3-8,12,19H,2,9-11H2,1H3. The molecule has 106 valence electrons. The second-order valence-electron chi connectivity index (χ2n) is 5.62. The van der Waals surface area contributed by atoms with Crippen LogP contribution in [0.15, 0.2) is 42.5 Å². The number of imidazole rings is 1. The predicted octanol–water partition coefficient (Wildman–Crippen LogP) is 4.08. The highest BCUT2D eigenvalue weighted by Gasteiger charge is 2.15. The maximum Gasteiger partial charge on any atom is 0.141 e. The number of para-hydroxylation sites is 2. The Morgan fingerprint density at radius 3 is 3.00 bits per heavy atom. The normalized spacial score (nSPS) is 13.4. The third-order valence-corrected chi connectivity index (χ3v) is 4.18. The number of rotatable bonds is 3. The largest absolute Gasteiger partial charge is 0.384 e. The number of nitrogens with zero attached hydrogens (tertiary/aromatic N) is 2. The minimum atomic E-state index is 1.00. The van der Waals surface area contributed by atoms with Crippen molar-refractivity contribution in [3.05, 3.63) is 48.0 Å². The molecule has 0 fully saturated rings. The Balaban J connectivity index is 1.91. The van der Waals surface area contributed by atoms with Crippen LogP contribution < -0.4 is 5.32 Å². The first-order valence-corrected chi connectivity index (χ1v) is 7.69. The number of fused-ring (bicyclic) bond motifs is 2. The summed E-state index contributed by atoms with van der Waals surface area (Å²) in [5, 5.41) is 3.46. The summed E-state index contributed by atoms with van der Waals surface area (Å²) in [6, 6.07) is 15.1. The fraction of sp³-hybridized carbons (Fsp3) is 0.278. The van der Waals surface area contributed by atoms with Crippen LogP contribution in [-0.4, -0.2) is 16.1 Å². The van der Waals surface area contributed by atoms with Gasteiger partial charge in [-0.1, -0.05) is 31.2 Å². The molecule has 0 amide bonds. The van der Waals surface area contributed by atoms with E-state index < -0.39 is 0 Å². The zero-order valence-corrected chi connectivity index (χ0v) is 12.3. The average Bonchev–Trinajstić information content (AvgIpc) is 3.11. The van der Waals surface area contributed by atoms with E-state index in [0.29, 0.717) is 0 Å². The van der Waals surface area contributed by atoms with Crippen LogP contribution in [0.4, 0.5) is 5.69 Å². The Labute approximate surface area is 124 Å². The van der Waals surface area contributed by atoms with Crippen LogP contribution >= 0.6 is 0 Å². The number of aromatic nitrogens is 2. The molecular formula is C18H19N3. The first-order chi connectivity index (χ1) is 10.4. The van der Waals surface area contributed by atoms with Crippen LogP contribution in [0.2, 0.25) is 0 Å². The van der Waals surface area contributed by atoms with Gasteiger partial charge in [0.2, 0.25) is 0 Å². The van der Waals surface area contributed by atoms with Gasteiger partial charge in [-0.3, -0.25) is 0 Å². The van der Waals surface area contributed by atoms with Gasteiger partial charge in [0, 0.05) is 24.3 Å². The maximum atomic E-state index is 4.86. The van der Waals surface area contributed by atoms with E-state index in [1.54, 1.807) is 0 Å². The van der Waals surface area contributed by atoms with E-state index in [4.69, 9.17) is 4.98 Å². The molecule has 0 spiro atoms. The van der Waals surface area contributed by atoms with Crippen LogP contribution in [0.1, 0.15) is 18.9 Å². The van der Waals surface area contributed by atoms with Gasteiger partial charge in [0.25, 0.3) is 0 Å². The lowest BCUT2D eigenvalue weighted by atomic mass is 10.1. The number of nitrogens with one attached hydrogen (secondary N) is 1. The van der Waals surface area contributed by atoms with Crippen molar-refractivity contribution in [1.82, 2.24) is 9.55 Å². The first-order valence-electron chi connectivity index (χ1n) is 7.69. The molecule has 0 atom stereocenters. The lowest BCUT2D eigenvalue weighted by molar-refractivity contribution is 0.704. The molecule has 4 rings (SSSR count). The summed E-state index contributed by atoms with van der Waals surface area (Å²) in [5.74, 6) is 1.08. The first kappa shape index (κ1) is 12.5. The van der Waals surface area contributed by atoms with Gasteiger partial charge in [-0.05, 0) is 36.6 Å². The molecule has 0 unspecified atom stereocenters. The Hall–Kier alpha value is -2.29. The van der Waals surface area contributed by atoms with E-state index in [-0.39, 0.29) is 0 Å². The molecule has 0 aliphatic carbocycles. The van der Waals surface area contributed by atoms with Gasteiger partial charge in [-0.15, -0.1) is 0 Å². The highest BCUT2D eigenvalue weighted by atomic mass is 15.1. The summed E-state index contributed by atoms with van der Waals surface area (Å²) in [6.07, 6.45) is 2.23.